The van der Waals surface area contributed by atoms with Gasteiger partial charge in [-0.25, -0.2) is 0 Å². The number of aryl methyl sites for hydroxylation is 1. The van der Waals surface area contributed by atoms with E-state index in [0.717, 1.165) is 4.47 Å². The van der Waals surface area contributed by atoms with Gasteiger partial charge in [0.05, 0.1) is 9.86 Å². The summed E-state index contributed by atoms with van der Waals surface area (Å²) < 4.78 is 17.6. The first kappa shape index (κ1) is 17.2. The van der Waals surface area contributed by atoms with Crippen LogP contribution >= 0.6 is 15.9 Å². The van der Waals surface area contributed by atoms with E-state index in [9.17, 15) is 9.59 Å². The van der Waals surface area contributed by atoms with Crippen molar-refractivity contribution in [2.45, 2.75) is 13.8 Å². The van der Waals surface area contributed by atoms with E-state index in [-0.39, 0.29) is 23.6 Å². The molecule has 2 aromatic carbocycles. The van der Waals surface area contributed by atoms with Gasteiger partial charge in [0.2, 0.25) is 11.2 Å². The molecule has 0 saturated carbocycles. The highest BCUT2D eigenvalue weighted by atomic mass is 79.9. The number of carbonyl (C=O) groups excluding carboxylic acids is 1. The molecule has 0 saturated heterocycles. The van der Waals surface area contributed by atoms with Gasteiger partial charge in [-0.2, -0.15) is 0 Å². The molecule has 0 radical (unpaired) electrons. The summed E-state index contributed by atoms with van der Waals surface area (Å²) in [6.07, 6.45) is 0. The molecule has 0 N–H and O–H groups in total. The first-order valence-corrected chi connectivity index (χ1v) is 8.37. The summed E-state index contributed by atoms with van der Waals surface area (Å²) >= 11 is 3.39. The van der Waals surface area contributed by atoms with Crippen molar-refractivity contribution in [3.63, 3.8) is 0 Å². The van der Waals surface area contributed by atoms with Crippen molar-refractivity contribution in [3.05, 3.63) is 62.9 Å². The van der Waals surface area contributed by atoms with E-state index in [1.54, 1.807) is 31.2 Å². The minimum atomic E-state index is -0.271. The number of carbonyl (C=O) groups is 1. The van der Waals surface area contributed by atoms with E-state index in [2.05, 4.69) is 15.9 Å². The van der Waals surface area contributed by atoms with Gasteiger partial charge in [0, 0.05) is 6.07 Å². The number of para-hydroxylation sites is 1. The highest BCUT2D eigenvalue weighted by molar-refractivity contribution is 9.10. The maximum Gasteiger partial charge on any atom is 0.235 e. The van der Waals surface area contributed by atoms with Crippen molar-refractivity contribution in [1.29, 1.82) is 0 Å². The molecule has 25 heavy (non-hydrogen) atoms. The molecule has 0 aliphatic rings. The fraction of sp³-hybridized carbons (Fsp3) is 0.158. The lowest BCUT2D eigenvalue weighted by molar-refractivity contribution is -0.118. The summed E-state index contributed by atoms with van der Waals surface area (Å²) in [5.41, 5.74) is 0.107. The Hall–Kier alpha value is -2.60. The van der Waals surface area contributed by atoms with Crippen LogP contribution in [0.2, 0.25) is 0 Å². The van der Waals surface area contributed by atoms with E-state index < -0.39 is 0 Å². The van der Waals surface area contributed by atoms with Crippen molar-refractivity contribution in [1.82, 2.24) is 0 Å². The quantitative estimate of drug-likeness (QED) is 0.622. The predicted octanol–water partition coefficient (Wildman–Crippen LogP) is 4.62. The Kier molecular flexibility index (Phi) is 4.90. The average molecular weight is 403 g/mol. The van der Waals surface area contributed by atoms with Gasteiger partial charge in [0.15, 0.2) is 5.78 Å². The summed E-state index contributed by atoms with van der Waals surface area (Å²) in [5.74, 6) is 1.40. The standard InChI is InChI=1S/C19H15BrO5/c1-11(21)10-23-13-7-8-14-17(9-13)24-12(2)19(18(14)22)25-16-6-4-3-5-15(16)20/h3-9H,10H2,1-2H3. The number of ketones is 1. The van der Waals surface area contributed by atoms with E-state index in [4.69, 9.17) is 13.9 Å². The summed E-state index contributed by atoms with van der Waals surface area (Å²) in [5, 5.41) is 0.378. The van der Waals surface area contributed by atoms with Crippen molar-refractivity contribution in [2.75, 3.05) is 6.61 Å². The molecule has 1 heterocycles. The third-order valence-corrected chi connectivity index (χ3v) is 4.13. The fourth-order valence-corrected chi connectivity index (χ4v) is 2.66. The molecule has 0 amide bonds. The maximum absolute atomic E-state index is 12.7. The van der Waals surface area contributed by atoms with Crippen LogP contribution in [-0.2, 0) is 4.79 Å². The molecule has 5 nitrogen and oxygen atoms in total. The predicted molar refractivity (Wildman–Crippen MR) is 97.6 cm³/mol. The molecule has 0 unspecified atom stereocenters. The van der Waals surface area contributed by atoms with Crippen LogP contribution in [-0.4, -0.2) is 12.4 Å². The van der Waals surface area contributed by atoms with Gasteiger partial charge in [-0.3, -0.25) is 9.59 Å². The van der Waals surface area contributed by atoms with Crippen LogP contribution in [0.5, 0.6) is 17.2 Å². The van der Waals surface area contributed by atoms with Gasteiger partial charge >= 0.3 is 0 Å². The number of benzene rings is 2. The Morgan fingerprint density at radius 3 is 2.68 bits per heavy atom. The monoisotopic (exact) mass is 402 g/mol. The van der Waals surface area contributed by atoms with Crippen LogP contribution < -0.4 is 14.9 Å². The lowest BCUT2D eigenvalue weighted by Gasteiger charge is -2.10. The summed E-state index contributed by atoms with van der Waals surface area (Å²) in [7, 11) is 0. The topological polar surface area (TPSA) is 65.7 Å². The summed E-state index contributed by atoms with van der Waals surface area (Å²) in [4.78, 5) is 23.8. The smallest absolute Gasteiger partial charge is 0.235 e. The van der Waals surface area contributed by atoms with E-state index in [1.165, 1.54) is 6.92 Å². The van der Waals surface area contributed by atoms with E-state index in [0.29, 0.717) is 28.2 Å². The second-order valence-electron chi connectivity index (χ2n) is 5.50. The highest BCUT2D eigenvalue weighted by Gasteiger charge is 2.15. The van der Waals surface area contributed by atoms with Gasteiger partial charge in [-0.1, -0.05) is 12.1 Å². The number of ether oxygens (including phenoxy) is 2. The number of Topliss-reactive ketones (excluding diaryl/α,β-unsaturated/α-hetero) is 1. The van der Waals surface area contributed by atoms with Crippen LogP contribution in [0, 0.1) is 6.92 Å². The van der Waals surface area contributed by atoms with Crippen LogP contribution in [0.3, 0.4) is 0 Å². The van der Waals surface area contributed by atoms with Gasteiger partial charge in [0.1, 0.15) is 29.4 Å². The van der Waals surface area contributed by atoms with Crippen LogP contribution in [0.25, 0.3) is 11.0 Å². The third kappa shape index (κ3) is 3.74. The molecule has 3 rings (SSSR count). The average Bonchev–Trinajstić information content (AvgIpc) is 2.58. The van der Waals surface area contributed by atoms with E-state index in [1.807, 2.05) is 18.2 Å². The zero-order chi connectivity index (χ0) is 18.0. The molecule has 0 spiro atoms. The van der Waals surface area contributed by atoms with Gasteiger partial charge in [0.25, 0.3) is 0 Å². The molecular weight excluding hydrogens is 388 g/mol. The van der Waals surface area contributed by atoms with Gasteiger partial charge in [-0.15, -0.1) is 0 Å². The molecular formula is C19H15BrO5. The minimum Gasteiger partial charge on any atom is -0.486 e. The van der Waals surface area contributed by atoms with Crippen molar-refractivity contribution < 1.29 is 18.7 Å². The molecule has 1 aromatic heterocycles. The number of halogens is 1. The number of hydrogen-bond donors (Lipinski definition) is 0. The molecule has 6 heteroatoms. The zero-order valence-corrected chi connectivity index (χ0v) is 15.3. The molecule has 128 valence electrons. The second kappa shape index (κ2) is 7.11. The molecule has 0 fully saturated rings. The third-order valence-electron chi connectivity index (χ3n) is 3.48. The van der Waals surface area contributed by atoms with Crippen molar-refractivity contribution in [2.24, 2.45) is 0 Å². The van der Waals surface area contributed by atoms with Crippen molar-refractivity contribution >= 4 is 32.7 Å². The molecule has 0 bridgehead atoms. The maximum atomic E-state index is 12.7. The lowest BCUT2D eigenvalue weighted by Crippen LogP contribution is -2.09. The normalized spacial score (nSPS) is 10.7. The van der Waals surface area contributed by atoms with Gasteiger partial charge < -0.3 is 13.9 Å². The molecule has 0 atom stereocenters. The summed E-state index contributed by atoms with van der Waals surface area (Å²) in [6.45, 7) is 3.07. The Balaban J connectivity index is 2.01. The first-order chi connectivity index (χ1) is 12.0. The lowest BCUT2D eigenvalue weighted by atomic mass is 10.2. The van der Waals surface area contributed by atoms with E-state index >= 15 is 0 Å². The Labute approximate surface area is 152 Å². The second-order valence-corrected chi connectivity index (χ2v) is 6.35. The minimum absolute atomic E-state index is 0.0298. The summed E-state index contributed by atoms with van der Waals surface area (Å²) in [6, 6.07) is 12.1. The number of rotatable bonds is 5. The number of hydrogen-bond acceptors (Lipinski definition) is 5. The molecule has 0 aliphatic carbocycles. The Morgan fingerprint density at radius 2 is 1.96 bits per heavy atom. The van der Waals surface area contributed by atoms with Crippen LogP contribution in [0.4, 0.5) is 0 Å². The largest absolute Gasteiger partial charge is 0.486 e. The highest BCUT2D eigenvalue weighted by Crippen LogP contribution is 2.31. The molecule has 3 aromatic rings. The van der Waals surface area contributed by atoms with Crippen LogP contribution in [0.1, 0.15) is 12.7 Å². The van der Waals surface area contributed by atoms with Gasteiger partial charge in [-0.05, 0) is 54.0 Å². The molecule has 0 aliphatic heterocycles. The van der Waals surface area contributed by atoms with Crippen molar-refractivity contribution in [3.8, 4) is 17.2 Å². The fourth-order valence-electron chi connectivity index (χ4n) is 2.30. The Morgan fingerprint density at radius 1 is 1.20 bits per heavy atom. The number of fused-ring (bicyclic) bond motifs is 1. The van der Waals surface area contributed by atoms with Crippen LogP contribution in [0.15, 0.2) is 56.1 Å². The first-order valence-electron chi connectivity index (χ1n) is 7.58. The Bertz CT molecular complexity index is 1010. The zero-order valence-electron chi connectivity index (χ0n) is 13.7. The SMILES string of the molecule is CC(=O)COc1ccc2c(=O)c(Oc3ccccc3Br)c(C)oc2c1.